The third-order valence-electron chi connectivity index (χ3n) is 12.4. The SMILES string of the molecule is C[Si]1(C)c2cc(N(c3ccccc3)c3ccc4sc5ccccc5c4c3)ccc2-c2cc(N(c3ccccc3)c3ccc4sc5ccccc5c4c3)c3ccccc3c21. The topological polar surface area (TPSA) is 6.48 Å². The smallest absolute Gasteiger partial charge is 0.114 e. The first-order valence-electron chi connectivity index (χ1n) is 20.3. The summed E-state index contributed by atoms with van der Waals surface area (Å²) in [6, 6.07) is 72.2. The highest BCUT2D eigenvalue weighted by molar-refractivity contribution is 7.26. The van der Waals surface area contributed by atoms with Crippen LogP contribution in [-0.2, 0) is 0 Å². The lowest BCUT2D eigenvalue weighted by atomic mass is 9.98. The first-order valence-corrected chi connectivity index (χ1v) is 24.9. The fraction of sp³-hybridized carbons (Fsp3) is 0.0370. The highest BCUT2D eigenvalue weighted by Gasteiger charge is 2.40. The van der Waals surface area contributed by atoms with Crippen LogP contribution in [0.25, 0.3) is 62.2 Å². The van der Waals surface area contributed by atoms with E-state index >= 15 is 0 Å². The summed E-state index contributed by atoms with van der Waals surface area (Å²) in [5.74, 6) is 0. The van der Waals surface area contributed by atoms with Crippen molar-refractivity contribution >= 4 is 126 Å². The predicted molar refractivity (Wildman–Crippen MR) is 261 cm³/mol. The van der Waals surface area contributed by atoms with Crippen LogP contribution in [0, 0.1) is 0 Å². The number of hydrogen-bond donors (Lipinski definition) is 0. The molecule has 5 heteroatoms. The fourth-order valence-corrected chi connectivity index (χ4v) is 15.3. The predicted octanol–water partition coefficient (Wildman–Crippen LogP) is 15.3. The van der Waals surface area contributed by atoms with E-state index in [1.54, 1.807) is 0 Å². The molecule has 0 amide bonds. The molecule has 0 saturated carbocycles. The Morgan fingerprint density at radius 1 is 0.339 bits per heavy atom. The summed E-state index contributed by atoms with van der Waals surface area (Å²) >= 11 is 3.74. The fourth-order valence-electron chi connectivity index (χ4n) is 9.72. The molecule has 2 nitrogen and oxygen atoms in total. The van der Waals surface area contributed by atoms with Crippen LogP contribution in [0.3, 0.4) is 0 Å². The number of rotatable bonds is 6. The molecule has 12 rings (SSSR count). The lowest BCUT2D eigenvalue weighted by molar-refractivity contribution is 1.29. The molecule has 280 valence electrons. The van der Waals surface area contributed by atoms with Gasteiger partial charge in [-0.05, 0) is 118 Å². The second-order valence-corrected chi connectivity index (χ2v) is 22.6. The Bertz CT molecular complexity index is 3440. The maximum atomic E-state index is 2.55. The van der Waals surface area contributed by atoms with E-state index < -0.39 is 8.07 Å². The minimum Gasteiger partial charge on any atom is -0.310 e. The molecule has 1 aliphatic rings. The van der Waals surface area contributed by atoms with E-state index in [1.165, 1.54) is 89.7 Å². The molecule has 0 spiro atoms. The summed E-state index contributed by atoms with van der Waals surface area (Å²) in [6.07, 6.45) is 0. The van der Waals surface area contributed by atoms with Crippen LogP contribution in [0.1, 0.15) is 0 Å². The average Bonchev–Trinajstić information content (AvgIpc) is 3.91. The molecule has 2 aromatic heterocycles. The van der Waals surface area contributed by atoms with Gasteiger partial charge in [-0.3, -0.25) is 0 Å². The van der Waals surface area contributed by atoms with E-state index in [2.05, 4.69) is 217 Å². The molecule has 0 atom stereocenters. The average molecular weight is 807 g/mol. The van der Waals surface area contributed by atoms with Crippen molar-refractivity contribution in [2.75, 3.05) is 9.80 Å². The number of fused-ring (bicyclic) bond motifs is 11. The number of thiophene rings is 2. The molecule has 0 unspecified atom stereocenters. The zero-order chi connectivity index (χ0) is 39.2. The number of anilines is 6. The van der Waals surface area contributed by atoms with E-state index in [9.17, 15) is 0 Å². The molecule has 9 aromatic carbocycles. The summed E-state index contributed by atoms with van der Waals surface area (Å²) in [7, 11) is -2.21. The second-order valence-electron chi connectivity index (χ2n) is 16.1. The summed E-state index contributed by atoms with van der Waals surface area (Å²) in [6.45, 7) is 5.10. The summed E-state index contributed by atoms with van der Waals surface area (Å²) in [4.78, 5) is 4.93. The molecule has 0 aliphatic carbocycles. The van der Waals surface area contributed by atoms with E-state index in [0.29, 0.717) is 0 Å². The Balaban J connectivity index is 1.06. The van der Waals surface area contributed by atoms with Crippen LogP contribution in [-0.4, -0.2) is 8.07 Å². The van der Waals surface area contributed by atoms with Gasteiger partial charge in [0.25, 0.3) is 0 Å². The lowest BCUT2D eigenvalue weighted by Gasteiger charge is -2.29. The van der Waals surface area contributed by atoms with E-state index in [1.807, 2.05) is 22.7 Å². The summed E-state index contributed by atoms with van der Waals surface area (Å²) < 4.78 is 5.28. The Morgan fingerprint density at radius 2 is 0.797 bits per heavy atom. The molecule has 11 aromatic rings. The van der Waals surface area contributed by atoms with E-state index in [4.69, 9.17) is 0 Å². The van der Waals surface area contributed by atoms with Crippen molar-refractivity contribution in [2.45, 2.75) is 13.1 Å². The third-order valence-corrected chi connectivity index (χ3v) is 18.2. The molecule has 59 heavy (non-hydrogen) atoms. The molecule has 1 aliphatic heterocycles. The zero-order valence-corrected chi connectivity index (χ0v) is 35.3. The maximum absolute atomic E-state index is 2.55. The van der Waals surface area contributed by atoms with Crippen LogP contribution in [0.5, 0.6) is 0 Å². The Hall–Kier alpha value is -6.50. The van der Waals surface area contributed by atoms with Gasteiger partial charge in [0.2, 0.25) is 0 Å². The van der Waals surface area contributed by atoms with Crippen molar-refractivity contribution in [1.82, 2.24) is 0 Å². The molecule has 0 bridgehead atoms. The molecule has 0 N–H and O–H groups in total. The zero-order valence-electron chi connectivity index (χ0n) is 32.7. The summed E-state index contributed by atoms with van der Waals surface area (Å²) in [5, 5.41) is 10.9. The van der Waals surface area contributed by atoms with Crippen LogP contribution in [0.15, 0.2) is 194 Å². The largest absolute Gasteiger partial charge is 0.310 e. The van der Waals surface area contributed by atoms with Gasteiger partial charge in [0.1, 0.15) is 8.07 Å². The first-order chi connectivity index (χ1) is 29.0. The van der Waals surface area contributed by atoms with Gasteiger partial charge in [0.15, 0.2) is 0 Å². The molecule has 0 radical (unpaired) electrons. The van der Waals surface area contributed by atoms with Crippen molar-refractivity contribution < 1.29 is 0 Å². The van der Waals surface area contributed by atoms with Crippen LogP contribution < -0.4 is 20.2 Å². The van der Waals surface area contributed by atoms with Gasteiger partial charge in [0.05, 0.1) is 5.69 Å². The van der Waals surface area contributed by atoms with Gasteiger partial charge in [-0.2, -0.15) is 0 Å². The highest BCUT2D eigenvalue weighted by Crippen LogP contribution is 2.47. The van der Waals surface area contributed by atoms with Gasteiger partial charge in [-0.1, -0.05) is 116 Å². The quantitative estimate of drug-likeness (QED) is 0.154. The van der Waals surface area contributed by atoms with Crippen molar-refractivity contribution in [3.8, 4) is 11.1 Å². The first kappa shape index (κ1) is 34.5. The second kappa shape index (κ2) is 13.3. The minimum atomic E-state index is -2.21. The van der Waals surface area contributed by atoms with Crippen molar-refractivity contribution in [1.29, 1.82) is 0 Å². The van der Waals surface area contributed by atoms with Gasteiger partial charge in [0, 0.05) is 74.2 Å². The molecular weight excluding hydrogens is 769 g/mol. The van der Waals surface area contributed by atoms with Gasteiger partial charge < -0.3 is 9.80 Å². The van der Waals surface area contributed by atoms with Crippen LogP contribution in [0.2, 0.25) is 13.1 Å². The third kappa shape index (κ3) is 5.35. The standard InChI is InChI=1S/C54H38N2S2Si/c1-59(2)53-33-39(55(35-15-5-3-6-16-35)37-26-29-51-45(31-37)41-20-11-13-23-49(41)57-51)25-28-43(53)47-34-48(40-19-9-10-22-44(40)54(47)59)56(36-17-7-4-8-18-36)38-27-30-52-46(32-38)42-21-12-14-24-50(42)58-52/h3-34H,1-2H3. The van der Waals surface area contributed by atoms with E-state index in [0.717, 1.165) is 17.1 Å². The monoisotopic (exact) mass is 806 g/mol. The Kier molecular flexibility index (Phi) is 7.76. The van der Waals surface area contributed by atoms with Gasteiger partial charge in [-0.25, -0.2) is 0 Å². The number of hydrogen-bond acceptors (Lipinski definition) is 4. The Morgan fingerprint density at radius 3 is 1.41 bits per heavy atom. The molecule has 3 heterocycles. The molecular formula is C54H38N2S2Si. The highest BCUT2D eigenvalue weighted by atomic mass is 32.1. The summed E-state index contributed by atoms with van der Waals surface area (Å²) in [5.41, 5.74) is 9.74. The van der Waals surface area contributed by atoms with Crippen molar-refractivity contribution in [3.05, 3.63) is 194 Å². The number of para-hydroxylation sites is 2. The maximum Gasteiger partial charge on any atom is 0.114 e. The number of benzene rings is 9. The lowest BCUT2D eigenvalue weighted by Crippen LogP contribution is -2.49. The number of nitrogens with zero attached hydrogens (tertiary/aromatic N) is 2. The van der Waals surface area contributed by atoms with Gasteiger partial charge in [-0.15, -0.1) is 22.7 Å². The van der Waals surface area contributed by atoms with Crippen molar-refractivity contribution in [2.24, 2.45) is 0 Å². The van der Waals surface area contributed by atoms with E-state index in [-0.39, 0.29) is 0 Å². The van der Waals surface area contributed by atoms with Gasteiger partial charge >= 0.3 is 0 Å². The van der Waals surface area contributed by atoms with Crippen LogP contribution >= 0.6 is 22.7 Å². The van der Waals surface area contributed by atoms with Crippen LogP contribution in [0.4, 0.5) is 34.1 Å². The Labute approximate surface area is 352 Å². The molecule has 0 fully saturated rings. The molecule has 0 saturated heterocycles. The van der Waals surface area contributed by atoms with Crippen molar-refractivity contribution in [3.63, 3.8) is 0 Å². The minimum absolute atomic E-state index is 1.15. The normalized spacial score (nSPS) is 13.1.